The van der Waals surface area contributed by atoms with Gasteiger partial charge in [0.2, 0.25) is 0 Å². The zero-order valence-electron chi connectivity index (χ0n) is 8.22. The van der Waals surface area contributed by atoms with E-state index in [1.807, 2.05) is 0 Å². The normalized spacial score (nSPS) is 17.2. The summed E-state index contributed by atoms with van der Waals surface area (Å²) in [6.07, 6.45) is 13.5. The number of unbranched alkanes of at least 4 members (excludes halogenated alkanes) is 2. The average Bonchev–Trinajstić information content (AvgIpc) is 2.65. The summed E-state index contributed by atoms with van der Waals surface area (Å²) >= 11 is 0. The van der Waals surface area contributed by atoms with Gasteiger partial charge in [0.1, 0.15) is 5.78 Å². The van der Waals surface area contributed by atoms with Crippen LogP contribution in [0, 0.1) is 18.3 Å². The van der Waals surface area contributed by atoms with Gasteiger partial charge in [-0.25, -0.2) is 0 Å². The third kappa shape index (κ3) is 3.63. The quantitative estimate of drug-likeness (QED) is 0.467. The molecule has 1 rings (SSSR count). The highest BCUT2D eigenvalue weighted by Crippen LogP contribution is 2.26. The molecule has 0 heterocycles. The lowest BCUT2D eigenvalue weighted by Crippen LogP contribution is -2.09. The van der Waals surface area contributed by atoms with E-state index in [1.165, 1.54) is 12.8 Å². The fraction of sp³-hybridized carbons (Fsp3) is 0.750. The Morgan fingerprint density at radius 2 is 2.00 bits per heavy atom. The average molecular weight is 178 g/mol. The topological polar surface area (TPSA) is 17.1 Å². The van der Waals surface area contributed by atoms with Gasteiger partial charge in [-0.1, -0.05) is 12.8 Å². The summed E-state index contributed by atoms with van der Waals surface area (Å²) in [5.41, 5.74) is 0. The minimum Gasteiger partial charge on any atom is -0.299 e. The molecular weight excluding hydrogens is 160 g/mol. The Balaban J connectivity index is 2.07. The number of rotatable bonds is 5. The second kappa shape index (κ2) is 5.80. The number of carbonyl (C=O) groups excluding carboxylic acids is 1. The number of ketones is 1. The van der Waals surface area contributed by atoms with E-state index in [9.17, 15) is 4.79 Å². The Morgan fingerprint density at radius 3 is 2.62 bits per heavy atom. The third-order valence-corrected chi connectivity index (χ3v) is 2.80. The summed E-state index contributed by atoms with van der Waals surface area (Å²) in [4.78, 5) is 11.6. The van der Waals surface area contributed by atoms with Crippen LogP contribution >= 0.6 is 0 Å². The molecule has 72 valence electrons. The van der Waals surface area contributed by atoms with Gasteiger partial charge in [-0.05, 0) is 25.7 Å². The van der Waals surface area contributed by atoms with Crippen molar-refractivity contribution in [1.29, 1.82) is 0 Å². The van der Waals surface area contributed by atoms with Gasteiger partial charge in [-0.3, -0.25) is 4.79 Å². The van der Waals surface area contributed by atoms with Gasteiger partial charge >= 0.3 is 0 Å². The van der Waals surface area contributed by atoms with Crippen molar-refractivity contribution in [2.24, 2.45) is 5.92 Å². The second-order valence-electron chi connectivity index (χ2n) is 3.86. The minimum absolute atomic E-state index is 0.394. The van der Waals surface area contributed by atoms with E-state index in [0.717, 1.165) is 38.5 Å². The highest BCUT2D eigenvalue weighted by atomic mass is 16.1. The van der Waals surface area contributed by atoms with Crippen LogP contribution in [0.25, 0.3) is 0 Å². The van der Waals surface area contributed by atoms with Crippen LogP contribution in [-0.4, -0.2) is 5.78 Å². The van der Waals surface area contributed by atoms with Crippen LogP contribution in [0.1, 0.15) is 51.4 Å². The zero-order valence-corrected chi connectivity index (χ0v) is 8.22. The predicted molar refractivity (Wildman–Crippen MR) is 54.3 cm³/mol. The first kappa shape index (κ1) is 10.3. The van der Waals surface area contributed by atoms with Crippen LogP contribution in [0.5, 0.6) is 0 Å². The van der Waals surface area contributed by atoms with E-state index in [1.54, 1.807) is 0 Å². The van der Waals surface area contributed by atoms with Gasteiger partial charge in [-0.2, -0.15) is 0 Å². The Morgan fingerprint density at radius 1 is 1.31 bits per heavy atom. The van der Waals surface area contributed by atoms with Crippen LogP contribution in [0.2, 0.25) is 0 Å². The lowest BCUT2D eigenvalue weighted by atomic mass is 9.98. The van der Waals surface area contributed by atoms with Crippen molar-refractivity contribution in [3.05, 3.63) is 0 Å². The SMILES string of the molecule is C#CCCCCC(=O)C1CCCC1. The van der Waals surface area contributed by atoms with Crippen molar-refractivity contribution in [2.75, 3.05) is 0 Å². The van der Waals surface area contributed by atoms with Gasteiger partial charge in [0, 0.05) is 18.8 Å². The summed E-state index contributed by atoms with van der Waals surface area (Å²) in [7, 11) is 0. The van der Waals surface area contributed by atoms with Gasteiger partial charge in [-0.15, -0.1) is 12.3 Å². The molecule has 0 bridgehead atoms. The molecule has 0 N–H and O–H groups in total. The summed E-state index contributed by atoms with van der Waals surface area (Å²) in [5, 5.41) is 0. The molecule has 13 heavy (non-hydrogen) atoms. The van der Waals surface area contributed by atoms with Gasteiger partial charge < -0.3 is 0 Å². The smallest absolute Gasteiger partial charge is 0.135 e. The first-order valence-corrected chi connectivity index (χ1v) is 5.31. The van der Waals surface area contributed by atoms with E-state index < -0.39 is 0 Å². The monoisotopic (exact) mass is 178 g/mol. The third-order valence-electron chi connectivity index (χ3n) is 2.80. The number of hydrogen-bond acceptors (Lipinski definition) is 1. The van der Waals surface area contributed by atoms with Gasteiger partial charge in [0.25, 0.3) is 0 Å². The molecule has 0 unspecified atom stereocenters. The standard InChI is InChI=1S/C12H18O/c1-2-3-4-5-10-12(13)11-8-6-7-9-11/h1,11H,3-10H2. The van der Waals surface area contributed by atoms with Crippen LogP contribution in [0.3, 0.4) is 0 Å². The summed E-state index contributed by atoms with van der Waals surface area (Å²) in [5.74, 6) is 3.48. The molecular formula is C12H18O. The molecule has 0 aliphatic heterocycles. The highest BCUT2D eigenvalue weighted by molar-refractivity contribution is 5.81. The molecule has 0 aromatic heterocycles. The van der Waals surface area contributed by atoms with Gasteiger partial charge in [0.05, 0.1) is 0 Å². The molecule has 1 aliphatic rings. The first-order valence-electron chi connectivity index (χ1n) is 5.31. The van der Waals surface area contributed by atoms with Crippen LogP contribution < -0.4 is 0 Å². The Kier molecular flexibility index (Phi) is 4.60. The van der Waals surface area contributed by atoms with Crippen molar-refractivity contribution in [3.8, 4) is 12.3 Å². The number of carbonyl (C=O) groups is 1. The molecule has 0 atom stereocenters. The molecule has 1 nitrogen and oxygen atoms in total. The van der Waals surface area contributed by atoms with Crippen molar-refractivity contribution in [3.63, 3.8) is 0 Å². The number of terminal acetylenes is 1. The van der Waals surface area contributed by atoms with Crippen LogP contribution in [-0.2, 0) is 4.79 Å². The lowest BCUT2D eigenvalue weighted by Gasteiger charge is -2.06. The number of Topliss-reactive ketones (excluding diaryl/α,β-unsaturated/α-hetero) is 1. The maximum Gasteiger partial charge on any atom is 0.135 e. The molecule has 1 fully saturated rings. The fourth-order valence-electron chi connectivity index (χ4n) is 1.98. The lowest BCUT2D eigenvalue weighted by molar-refractivity contribution is -0.122. The minimum atomic E-state index is 0.394. The summed E-state index contributed by atoms with van der Waals surface area (Å²) in [6.45, 7) is 0. The summed E-state index contributed by atoms with van der Waals surface area (Å²) in [6, 6.07) is 0. The predicted octanol–water partition coefficient (Wildman–Crippen LogP) is 2.94. The highest BCUT2D eigenvalue weighted by Gasteiger charge is 2.21. The van der Waals surface area contributed by atoms with E-state index in [2.05, 4.69) is 5.92 Å². The van der Waals surface area contributed by atoms with E-state index in [-0.39, 0.29) is 0 Å². The van der Waals surface area contributed by atoms with Crippen molar-refractivity contribution in [2.45, 2.75) is 51.4 Å². The summed E-state index contributed by atoms with van der Waals surface area (Å²) < 4.78 is 0. The molecule has 1 heteroatoms. The van der Waals surface area contributed by atoms with Crippen LogP contribution in [0.15, 0.2) is 0 Å². The number of hydrogen-bond donors (Lipinski definition) is 0. The fourth-order valence-corrected chi connectivity index (χ4v) is 1.98. The molecule has 1 aliphatic carbocycles. The van der Waals surface area contributed by atoms with Crippen molar-refractivity contribution < 1.29 is 4.79 Å². The Hall–Kier alpha value is -0.770. The Labute approximate surface area is 80.9 Å². The van der Waals surface area contributed by atoms with Crippen LogP contribution in [0.4, 0.5) is 0 Å². The molecule has 0 aromatic carbocycles. The zero-order chi connectivity index (χ0) is 9.52. The molecule has 0 amide bonds. The second-order valence-corrected chi connectivity index (χ2v) is 3.86. The Bertz CT molecular complexity index is 194. The maximum absolute atomic E-state index is 11.6. The molecule has 0 aromatic rings. The molecule has 0 spiro atoms. The van der Waals surface area contributed by atoms with Gasteiger partial charge in [0.15, 0.2) is 0 Å². The van der Waals surface area contributed by atoms with Crippen molar-refractivity contribution in [1.82, 2.24) is 0 Å². The van der Waals surface area contributed by atoms with E-state index in [4.69, 9.17) is 6.42 Å². The van der Waals surface area contributed by atoms with E-state index in [0.29, 0.717) is 11.7 Å². The van der Waals surface area contributed by atoms with Crippen molar-refractivity contribution >= 4 is 5.78 Å². The first-order chi connectivity index (χ1) is 6.34. The molecule has 0 radical (unpaired) electrons. The largest absolute Gasteiger partial charge is 0.299 e. The molecule has 0 saturated heterocycles. The molecule has 1 saturated carbocycles. The maximum atomic E-state index is 11.6. The van der Waals surface area contributed by atoms with E-state index >= 15 is 0 Å².